The van der Waals surface area contributed by atoms with Gasteiger partial charge in [0.2, 0.25) is 0 Å². The molecule has 0 aliphatic rings. The van der Waals surface area contributed by atoms with Gasteiger partial charge in [-0.3, -0.25) is 0 Å². The summed E-state index contributed by atoms with van der Waals surface area (Å²) in [5.74, 6) is 0.798. The summed E-state index contributed by atoms with van der Waals surface area (Å²) in [5, 5.41) is 3.22. The molecule has 3 nitrogen and oxygen atoms in total. The molecule has 0 radical (unpaired) electrons. The molecular weight excluding hydrogens is 234 g/mol. The van der Waals surface area contributed by atoms with E-state index in [0.717, 1.165) is 29.1 Å². The van der Waals surface area contributed by atoms with Gasteiger partial charge in [0.1, 0.15) is 0 Å². The molecule has 1 N–H and O–H groups in total. The first-order chi connectivity index (χ1) is 9.15. The molecule has 0 spiro atoms. The Labute approximate surface area is 115 Å². The van der Waals surface area contributed by atoms with E-state index in [4.69, 9.17) is 0 Å². The van der Waals surface area contributed by atoms with Gasteiger partial charge >= 0.3 is 0 Å². The lowest BCUT2D eigenvalue weighted by atomic mass is 10.1. The Morgan fingerprint density at radius 2 is 1.89 bits per heavy atom. The summed E-state index contributed by atoms with van der Waals surface area (Å²) < 4.78 is 0. The maximum atomic E-state index is 4.62. The van der Waals surface area contributed by atoms with Crippen LogP contribution in [0.3, 0.4) is 0 Å². The maximum absolute atomic E-state index is 4.62. The van der Waals surface area contributed by atoms with Gasteiger partial charge in [-0.15, -0.1) is 0 Å². The smallest absolute Gasteiger partial charge is 0.159 e. The number of hydrogen-bond acceptors (Lipinski definition) is 3. The summed E-state index contributed by atoms with van der Waals surface area (Å²) >= 11 is 0. The van der Waals surface area contributed by atoms with Crippen LogP contribution in [0.1, 0.15) is 36.7 Å². The van der Waals surface area contributed by atoms with E-state index in [9.17, 15) is 0 Å². The lowest BCUT2D eigenvalue weighted by Gasteiger charge is -2.13. The predicted molar refractivity (Wildman–Crippen MR) is 79.1 cm³/mol. The standard InChI is InChI=1S/C16H21N3/c1-5-13-6-8-14(9-7-13)16-18-10-15(11(2)17-4)12(3)19-16/h6-11,17H,5H2,1-4H3. The lowest BCUT2D eigenvalue weighted by molar-refractivity contribution is 0.641. The number of rotatable bonds is 4. The van der Waals surface area contributed by atoms with E-state index in [0.29, 0.717) is 0 Å². The average Bonchev–Trinajstić information content (AvgIpc) is 2.46. The molecular formula is C16H21N3. The normalized spacial score (nSPS) is 12.4. The summed E-state index contributed by atoms with van der Waals surface area (Å²) in [7, 11) is 1.95. The number of benzene rings is 1. The van der Waals surface area contributed by atoms with Crippen molar-refractivity contribution in [3.05, 3.63) is 47.3 Å². The largest absolute Gasteiger partial charge is 0.313 e. The van der Waals surface area contributed by atoms with Crippen LogP contribution >= 0.6 is 0 Å². The number of hydrogen-bond donors (Lipinski definition) is 1. The highest BCUT2D eigenvalue weighted by molar-refractivity contribution is 5.55. The van der Waals surface area contributed by atoms with Gasteiger partial charge in [0.25, 0.3) is 0 Å². The van der Waals surface area contributed by atoms with Crippen LogP contribution in [0.5, 0.6) is 0 Å². The fourth-order valence-electron chi connectivity index (χ4n) is 2.09. The van der Waals surface area contributed by atoms with Crippen molar-refractivity contribution < 1.29 is 0 Å². The van der Waals surface area contributed by atoms with Crippen LogP contribution < -0.4 is 5.32 Å². The quantitative estimate of drug-likeness (QED) is 0.911. The Bertz CT molecular complexity index is 546. The molecule has 0 saturated heterocycles. The van der Waals surface area contributed by atoms with E-state index in [1.807, 2.05) is 20.2 Å². The topological polar surface area (TPSA) is 37.8 Å². The highest BCUT2D eigenvalue weighted by atomic mass is 14.9. The van der Waals surface area contributed by atoms with E-state index >= 15 is 0 Å². The zero-order chi connectivity index (χ0) is 13.8. The van der Waals surface area contributed by atoms with Crippen LogP contribution in [0.2, 0.25) is 0 Å². The van der Waals surface area contributed by atoms with Gasteiger partial charge < -0.3 is 5.32 Å². The monoisotopic (exact) mass is 255 g/mol. The van der Waals surface area contributed by atoms with Crippen LogP contribution in [-0.2, 0) is 6.42 Å². The Morgan fingerprint density at radius 3 is 2.42 bits per heavy atom. The molecule has 0 bridgehead atoms. The molecule has 0 fully saturated rings. The van der Waals surface area contributed by atoms with Crippen molar-refractivity contribution in [1.82, 2.24) is 15.3 Å². The Hall–Kier alpha value is -1.74. The van der Waals surface area contributed by atoms with E-state index < -0.39 is 0 Å². The summed E-state index contributed by atoms with van der Waals surface area (Å²) in [6.45, 7) is 6.31. The zero-order valence-corrected chi connectivity index (χ0v) is 12.1. The van der Waals surface area contributed by atoms with Crippen LogP contribution in [-0.4, -0.2) is 17.0 Å². The molecule has 1 aromatic carbocycles. The second kappa shape index (κ2) is 5.93. The van der Waals surface area contributed by atoms with Crippen molar-refractivity contribution in [2.75, 3.05) is 7.05 Å². The molecule has 2 rings (SSSR count). The first-order valence-corrected chi connectivity index (χ1v) is 6.75. The van der Waals surface area contributed by atoms with Crippen LogP contribution in [0, 0.1) is 6.92 Å². The summed E-state index contributed by atoms with van der Waals surface area (Å²) in [4.78, 5) is 9.10. The number of aromatic nitrogens is 2. The third kappa shape index (κ3) is 2.99. The molecule has 2 aromatic rings. The maximum Gasteiger partial charge on any atom is 0.159 e. The van der Waals surface area contributed by atoms with Crippen LogP contribution in [0.4, 0.5) is 0 Å². The van der Waals surface area contributed by atoms with Gasteiger partial charge in [0.05, 0.1) is 0 Å². The highest BCUT2D eigenvalue weighted by Crippen LogP contribution is 2.20. The molecule has 0 amide bonds. The van der Waals surface area contributed by atoms with Gasteiger partial charge in [-0.25, -0.2) is 9.97 Å². The molecule has 0 aliphatic carbocycles. The van der Waals surface area contributed by atoms with Crippen LogP contribution in [0.15, 0.2) is 30.5 Å². The van der Waals surface area contributed by atoms with Crippen molar-refractivity contribution in [1.29, 1.82) is 0 Å². The summed E-state index contributed by atoms with van der Waals surface area (Å²) in [6.07, 6.45) is 2.98. The van der Waals surface area contributed by atoms with Crippen molar-refractivity contribution in [3.8, 4) is 11.4 Å². The van der Waals surface area contributed by atoms with Gasteiger partial charge in [-0.05, 0) is 32.9 Å². The third-order valence-electron chi connectivity index (χ3n) is 3.54. The third-order valence-corrected chi connectivity index (χ3v) is 3.54. The second-order valence-electron chi connectivity index (χ2n) is 4.80. The minimum absolute atomic E-state index is 0.275. The molecule has 0 saturated carbocycles. The highest BCUT2D eigenvalue weighted by Gasteiger charge is 2.10. The van der Waals surface area contributed by atoms with Crippen molar-refractivity contribution in [2.45, 2.75) is 33.2 Å². The molecule has 1 unspecified atom stereocenters. The SMILES string of the molecule is CCc1ccc(-c2ncc(C(C)NC)c(C)n2)cc1. The van der Waals surface area contributed by atoms with Crippen molar-refractivity contribution >= 4 is 0 Å². The Morgan fingerprint density at radius 1 is 1.21 bits per heavy atom. The van der Waals surface area contributed by atoms with E-state index in [1.165, 1.54) is 5.56 Å². The van der Waals surface area contributed by atoms with E-state index in [-0.39, 0.29) is 6.04 Å². The zero-order valence-electron chi connectivity index (χ0n) is 12.1. The predicted octanol–water partition coefficient (Wildman–Crippen LogP) is 3.29. The molecule has 100 valence electrons. The first kappa shape index (κ1) is 13.7. The number of aryl methyl sites for hydroxylation is 2. The van der Waals surface area contributed by atoms with E-state index in [1.54, 1.807) is 0 Å². The summed E-state index contributed by atoms with van der Waals surface area (Å²) in [6, 6.07) is 8.73. The van der Waals surface area contributed by atoms with Gasteiger partial charge in [-0.1, -0.05) is 31.2 Å². The second-order valence-corrected chi connectivity index (χ2v) is 4.80. The molecule has 1 atom stereocenters. The molecule has 19 heavy (non-hydrogen) atoms. The number of nitrogens with one attached hydrogen (secondary N) is 1. The molecule has 3 heteroatoms. The Kier molecular flexibility index (Phi) is 4.27. The van der Waals surface area contributed by atoms with Crippen molar-refractivity contribution in [3.63, 3.8) is 0 Å². The fourth-order valence-corrected chi connectivity index (χ4v) is 2.09. The minimum atomic E-state index is 0.275. The molecule has 0 aliphatic heterocycles. The molecule has 1 heterocycles. The number of nitrogens with zero attached hydrogens (tertiary/aromatic N) is 2. The van der Waals surface area contributed by atoms with Gasteiger partial charge in [-0.2, -0.15) is 0 Å². The first-order valence-electron chi connectivity index (χ1n) is 6.75. The minimum Gasteiger partial charge on any atom is -0.313 e. The molecule has 1 aromatic heterocycles. The average molecular weight is 255 g/mol. The van der Waals surface area contributed by atoms with Crippen molar-refractivity contribution in [2.24, 2.45) is 0 Å². The van der Waals surface area contributed by atoms with E-state index in [2.05, 4.69) is 53.4 Å². The lowest BCUT2D eigenvalue weighted by Crippen LogP contribution is -2.14. The van der Waals surface area contributed by atoms with Crippen LogP contribution in [0.25, 0.3) is 11.4 Å². The fraction of sp³-hybridized carbons (Fsp3) is 0.375. The van der Waals surface area contributed by atoms with Gasteiger partial charge in [0.15, 0.2) is 5.82 Å². The van der Waals surface area contributed by atoms with Gasteiger partial charge in [0, 0.05) is 29.1 Å². The summed E-state index contributed by atoms with van der Waals surface area (Å²) in [5.41, 5.74) is 4.59. The Balaban J connectivity index is 2.33.